The summed E-state index contributed by atoms with van der Waals surface area (Å²) >= 11 is 6.09. The van der Waals surface area contributed by atoms with E-state index >= 15 is 0 Å². The van der Waals surface area contributed by atoms with Crippen molar-refractivity contribution in [2.75, 3.05) is 11.9 Å². The van der Waals surface area contributed by atoms with Crippen LogP contribution in [0.15, 0.2) is 52.9 Å². The number of nitrogens with zero attached hydrogens (tertiary/aromatic N) is 2. The third-order valence-electron chi connectivity index (χ3n) is 3.56. The molecule has 0 radical (unpaired) electrons. The molecular formula is C17H12ClN3O4. The lowest BCUT2D eigenvalue weighted by atomic mass is 10.2. The van der Waals surface area contributed by atoms with Gasteiger partial charge >= 0.3 is 6.01 Å². The molecule has 0 bridgehead atoms. The maximum Gasteiger partial charge on any atom is 0.322 e. The first-order chi connectivity index (χ1) is 12.2. The number of fused-ring (bicyclic) bond motifs is 1. The Morgan fingerprint density at radius 2 is 1.84 bits per heavy atom. The average molecular weight is 358 g/mol. The lowest BCUT2D eigenvalue weighted by Crippen LogP contribution is -2.40. The average Bonchev–Trinajstić information content (AvgIpc) is 3.10. The van der Waals surface area contributed by atoms with Crippen LogP contribution in [-0.2, 0) is 4.79 Å². The van der Waals surface area contributed by atoms with Crippen molar-refractivity contribution in [2.45, 2.75) is 6.10 Å². The standard InChI is InChI=1S/C17H12ClN3O4/c18-11-6-2-1-5-10(11)16-20-21-17(25-16)19-15(22)14-9-23-12-7-3-4-8-13(12)24-14/h1-8,14H,9H2,(H,19,21,22)/t14-/m0/s1. The molecule has 1 N–H and O–H groups in total. The molecule has 25 heavy (non-hydrogen) atoms. The van der Waals surface area contributed by atoms with Gasteiger partial charge in [0, 0.05) is 0 Å². The molecule has 0 saturated carbocycles. The van der Waals surface area contributed by atoms with Gasteiger partial charge in [0.15, 0.2) is 11.5 Å². The molecule has 126 valence electrons. The number of para-hydroxylation sites is 2. The fourth-order valence-electron chi connectivity index (χ4n) is 2.35. The molecule has 0 unspecified atom stereocenters. The van der Waals surface area contributed by atoms with Gasteiger partial charge in [0.25, 0.3) is 11.8 Å². The van der Waals surface area contributed by atoms with Crippen LogP contribution >= 0.6 is 11.6 Å². The highest BCUT2D eigenvalue weighted by Gasteiger charge is 2.28. The van der Waals surface area contributed by atoms with E-state index in [1.54, 1.807) is 42.5 Å². The Morgan fingerprint density at radius 1 is 1.08 bits per heavy atom. The molecule has 1 aliphatic rings. The van der Waals surface area contributed by atoms with E-state index in [9.17, 15) is 4.79 Å². The molecule has 1 amide bonds. The number of carbonyl (C=O) groups is 1. The first-order valence-corrected chi connectivity index (χ1v) is 7.86. The fraction of sp³-hybridized carbons (Fsp3) is 0.118. The van der Waals surface area contributed by atoms with Gasteiger partial charge < -0.3 is 13.9 Å². The third-order valence-corrected chi connectivity index (χ3v) is 3.89. The van der Waals surface area contributed by atoms with Crippen molar-refractivity contribution >= 4 is 23.5 Å². The van der Waals surface area contributed by atoms with Crippen LogP contribution in [-0.4, -0.2) is 28.8 Å². The zero-order valence-corrected chi connectivity index (χ0v) is 13.6. The van der Waals surface area contributed by atoms with E-state index in [0.29, 0.717) is 22.1 Å². The normalized spacial score (nSPS) is 15.6. The summed E-state index contributed by atoms with van der Waals surface area (Å²) in [5, 5.41) is 10.7. The molecule has 7 nitrogen and oxygen atoms in total. The second kappa shape index (κ2) is 6.45. The summed E-state index contributed by atoms with van der Waals surface area (Å²) in [6.45, 7) is 0.0916. The third kappa shape index (κ3) is 3.14. The Hall–Kier alpha value is -3.06. The predicted molar refractivity (Wildman–Crippen MR) is 89.7 cm³/mol. The van der Waals surface area contributed by atoms with E-state index in [-0.39, 0.29) is 18.5 Å². The number of rotatable bonds is 3. The van der Waals surface area contributed by atoms with Crippen LogP contribution in [0.1, 0.15) is 0 Å². The van der Waals surface area contributed by atoms with Crippen molar-refractivity contribution in [2.24, 2.45) is 0 Å². The van der Waals surface area contributed by atoms with Gasteiger partial charge in [0.2, 0.25) is 6.10 Å². The quantitative estimate of drug-likeness (QED) is 0.774. The highest BCUT2D eigenvalue weighted by atomic mass is 35.5. The van der Waals surface area contributed by atoms with Crippen molar-refractivity contribution in [3.8, 4) is 23.0 Å². The summed E-state index contributed by atoms with van der Waals surface area (Å²) in [6.07, 6.45) is -0.814. The molecule has 3 aromatic rings. The molecule has 0 fully saturated rings. The monoisotopic (exact) mass is 357 g/mol. The van der Waals surface area contributed by atoms with E-state index in [2.05, 4.69) is 15.5 Å². The lowest BCUT2D eigenvalue weighted by Gasteiger charge is -2.24. The molecule has 0 spiro atoms. The first-order valence-electron chi connectivity index (χ1n) is 7.48. The fourth-order valence-corrected chi connectivity index (χ4v) is 2.57. The Morgan fingerprint density at radius 3 is 2.68 bits per heavy atom. The van der Waals surface area contributed by atoms with Gasteiger partial charge in [-0.05, 0) is 24.3 Å². The van der Waals surface area contributed by atoms with Crippen LogP contribution in [0.4, 0.5) is 6.01 Å². The van der Waals surface area contributed by atoms with Crippen LogP contribution in [0.5, 0.6) is 11.5 Å². The molecule has 1 aromatic heterocycles. The van der Waals surface area contributed by atoms with Crippen molar-refractivity contribution < 1.29 is 18.7 Å². The van der Waals surface area contributed by atoms with Crippen LogP contribution in [0.2, 0.25) is 5.02 Å². The molecule has 4 rings (SSSR count). The van der Waals surface area contributed by atoms with Gasteiger partial charge in [-0.2, -0.15) is 0 Å². The van der Waals surface area contributed by atoms with Crippen LogP contribution < -0.4 is 14.8 Å². The summed E-state index contributed by atoms with van der Waals surface area (Å²) in [5.41, 5.74) is 0.586. The maximum atomic E-state index is 12.3. The van der Waals surface area contributed by atoms with Crippen molar-refractivity contribution in [3.05, 3.63) is 53.6 Å². The number of halogens is 1. The molecule has 2 aromatic carbocycles. The summed E-state index contributed by atoms with van der Waals surface area (Å²) in [6, 6.07) is 14.2. The first kappa shape index (κ1) is 15.5. The number of ether oxygens (including phenoxy) is 2. The minimum absolute atomic E-state index is 0.0395. The van der Waals surface area contributed by atoms with Crippen LogP contribution in [0.3, 0.4) is 0 Å². The van der Waals surface area contributed by atoms with E-state index < -0.39 is 12.0 Å². The van der Waals surface area contributed by atoms with Gasteiger partial charge in [0.1, 0.15) is 6.61 Å². The smallest absolute Gasteiger partial charge is 0.322 e. The Balaban J connectivity index is 1.47. The Labute approximate surface area is 147 Å². The molecular weight excluding hydrogens is 346 g/mol. The van der Waals surface area contributed by atoms with Gasteiger partial charge in [-0.3, -0.25) is 10.1 Å². The maximum absolute atomic E-state index is 12.3. The number of amides is 1. The van der Waals surface area contributed by atoms with Crippen LogP contribution in [0, 0.1) is 0 Å². The molecule has 0 saturated heterocycles. The Kier molecular flexibility index (Phi) is 3.99. The number of benzene rings is 2. The summed E-state index contributed by atoms with van der Waals surface area (Å²) < 4.78 is 16.6. The summed E-state index contributed by atoms with van der Waals surface area (Å²) in [7, 11) is 0. The van der Waals surface area contributed by atoms with Crippen molar-refractivity contribution in [1.29, 1.82) is 0 Å². The molecule has 1 atom stereocenters. The van der Waals surface area contributed by atoms with E-state index in [1.807, 2.05) is 6.07 Å². The molecule has 2 heterocycles. The van der Waals surface area contributed by atoms with Gasteiger partial charge in [-0.15, -0.1) is 5.10 Å². The lowest BCUT2D eigenvalue weighted by molar-refractivity contribution is -0.125. The summed E-state index contributed by atoms with van der Waals surface area (Å²) in [4.78, 5) is 12.3. The second-order valence-corrected chi connectivity index (χ2v) is 5.65. The van der Waals surface area contributed by atoms with Crippen molar-refractivity contribution in [1.82, 2.24) is 10.2 Å². The van der Waals surface area contributed by atoms with Gasteiger partial charge in [-0.1, -0.05) is 41.0 Å². The number of aromatic nitrogens is 2. The van der Waals surface area contributed by atoms with Gasteiger partial charge in [-0.25, -0.2) is 0 Å². The highest BCUT2D eigenvalue weighted by Crippen LogP contribution is 2.31. The number of carbonyl (C=O) groups excluding carboxylic acids is 1. The topological polar surface area (TPSA) is 86.5 Å². The minimum Gasteiger partial charge on any atom is -0.485 e. The second-order valence-electron chi connectivity index (χ2n) is 5.25. The summed E-state index contributed by atoms with van der Waals surface area (Å²) in [5.74, 6) is 0.887. The zero-order valence-electron chi connectivity index (χ0n) is 12.8. The largest absolute Gasteiger partial charge is 0.485 e. The number of hydrogen-bond donors (Lipinski definition) is 1. The SMILES string of the molecule is O=C(Nc1nnc(-c2ccccc2Cl)o1)[C@@H]1COc2ccccc2O1. The van der Waals surface area contributed by atoms with E-state index in [4.69, 9.17) is 25.5 Å². The molecule has 1 aliphatic heterocycles. The Bertz CT molecular complexity index is 928. The number of anilines is 1. The predicted octanol–water partition coefficient (Wildman–Crippen LogP) is 3.17. The number of hydrogen-bond acceptors (Lipinski definition) is 6. The van der Waals surface area contributed by atoms with Crippen LogP contribution in [0.25, 0.3) is 11.5 Å². The highest BCUT2D eigenvalue weighted by molar-refractivity contribution is 6.33. The molecule has 0 aliphatic carbocycles. The number of nitrogens with one attached hydrogen (secondary N) is 1. The zero-order chi connectivity index (χ0) is 17.2. The molecule has 8 heteroatoms. The van der Waals surface area contributed by atoms with E-state index in [1.165, 1.54) is 0 Å². The minimum atomic E-state index is -0.814. The van der Waals surface area contributed by atoms with Crippen molar-refractivity contribution in [3.63, 3.8) is 0 Å². The van der Waals surface area contributed by atoms with Gasteiger partial charge in [0.05, 0.1) is 10.6 Å². The van der Waals surface area contributed by atoms with E-state index in [0.717, 1.165) is 0 Å².